The summed E-state index contributed by atoms with van der Waals surface area (Å²) in [6.07, 6.45) is 9.48. The summed E-state index contributed by atoms with van der Waals surface area (Å²) in [4.78, 5) is 28.5. The number of pyridine rings is 1. The van der Waals surface area contributed by atoms with Crippen molar-refractivity contribution in [2.24, 2.45) is 5.92 Å². The molecule has 36 heavy (non-hydrogen) atoms. The maximum absolute atomic E-state index is 13.1. The predicted octanol–water partition coefficient (Wildman–Crippen LogP) is 3.96. The molecule has 0 radical (unpaired) electrons. The molecule has 2 heterocycles. The highest BCUT2D eigenvalue weighted by atomic mass is 32.2. The van der Waals surface area contributed by atoms with E-state index in [1.807, 2.05) is 29.0 Å². The maximum Gasteiger partial charge on any atom is 0.271 e. The van der Waals surface area contributed by atoms with Crippen LogP contribution in [0.15, 0.2) is 47.4 Å². The molecule has 4 rings (SSSR count). The molecule has 0 aliphatic heterocycles. The molecule has 2 aromatic heterocycles. The number of aromatic amines is 1. The highest BCUT2D eigenvalue weighted by molar-refractivity contribution is 7.89. The van der Waals surface area contributed by atoms with Gasteiger partial charge in [0.05, 0.1) is 18.6 Å². The number of benzene rings is 1. The largest absolute Gasteiger partial charge is 0.494 e. The first kappa shape index (κ1) is 25.7. The fraction of sp³-hybridized carbons (Fsp3) is 0.423. The number of hydrogen-bond acceptors (Lipinski definition) is 6. The predicted molar refractivity (Wildman–Crippen MR) is 138 cm³/mol. The Morgan fingerprint density at radius 1 is 1.17 bits per heavy atom. The Hall–Kier alpha value is -3.40. The summed E-state index contributed by atoms with van der Waals surface area (Å²) in [5.74, 6) is 0.331. The molecule has 1 fully saturated rings. The molecule has 0 bridgehead atoms. The Kier molecular flexibility index (Phi) is 7.93. The van der Waals surface area contributed by atoms with Crippen LogP contribution >= 0.6 is 0 Å². The van der Waals surface area contributed by atoms with Gasteiger partial charge in [0.2, 0.25) is 10.0 Å². The number of ether oxygens (including phenoxy) is 1. The molecule has 192 valence electrons. The van der Waals surface area contributed by atoms with Gasteiger partial charge in [-0.05, 0) is 67.1 Å². The van der Waals surface area contributed by atoms with E-state index in [0.717, 1.165) is 49.8 Å². The number of unbranched alkanes of at least 4 members (excludes halogenated alkanes) is 3. The molecule has 1 aromatic carbocycles. The van der Waals surface area contributed by atoms with Crippen LogP contribution in [0.4, 0.5) is 0 Å². The van der Waals surface area contributed by atoms with Gasteiger partial charge in [-0.3, -0.25) is 14.3 Å². The molecule has 1 aliphatic carbocycles. The van der Waals surface area contributed by atoms with Crippen molar-refractivity contribution in [3.63, 3.8) is 0 Å². The minimum Gasteiger partial charge on any atom is -0.494 e. The van der Waals surface area contributed by atoms with Gasteiger partial charge in [-0.15, -0.1) is 0 Å². The Balaban J connectivity index is 1.64. The van der Waals surface area contributed by atoms with Gasteiger partial charge in [-0.25, -0.2) is 13.1 Å². The molecule has 1 saturated carbocycles. The molecule has 3 aromatic rings. The van der Waals surface area contributed by atoms with Crippen molar-refractivity contribution < 1.29 is 17.9 Å². The number of nitrogens with zero attached hydrogens (tertiary/aromatic N) is 2. The maximum atomic E-state index is 13.1. The van der Waals surface area contributed by atoms with Crippen LogP contribution in [-0.2, 0) is 16.6 Å². The lowest BCUT2D eigenvalue weighted by molar-refractivity contribution is 0.0981. The number of amides is 1. The van der Waals surface area contributed by atoms with Crippen LogP contribution in [0.2, 0.25) is 0 Å². The molecular weight excluding hydrogens is 480 g/mol. The zero-order chi connectivity index (χ0) is 25.7. The second kappa shape index (κ2) is 11.1. The number of H-pyrrole nitrogens is 1. The molecular formula is C26H32N4O5S. The van der Waals surface area contributed by atoms with E-state index in [1.54, 1.807) is 23.0 Å². The first-order valence-corrected chi connectivity index (χ1v) is 14.2. The molecule has 0 unspecified atom stereocenters. The van der Waals surface area contributed by atoms with Crippen LogP contribution in [0.3, 0.4) is 0 Å². The van der Waals surface area contributed by atoms with Gasteiger partial charge < -0.3 is 9.72 Å². The standard InChI is InChI=1S/C26H32N4O5S/c1-3-4-5-6-15-35-20-11-9-19(10-12-20)23-16-21(22-13-14-30(28-22)17-18-7-8-18)24(25(31)27-23)26(32)29-36(2,33)34/h9-14,16,18H,3-8,15,17H2,1-2H3,(H,27,31)(H,29,32). The van der Waals surface area contributed by atoms with E-state index in [1.165, 1.54) is 12.8 Å². The fourth-order valence-corrected chi connectivity index (χ4v) is 4.42. The summed E-state index contributed by atoms with van der Waals surface area (Å²) in [6.45, 7) is 3.58. The number of carbonyl (C=O) groups excluding carboxylic acids is 1. The van der Waals surface area contributed by atoms with Crippen molar-refractivity contribution in [2.45, 2.75) is 52.0 Å². The Labute approximate surface area is 210 Å². The first-order chi connectivity index (χ1) is 17.2. The number of sulfonamides is 1. The van der Waals surface area contributed by atoms with E-state index in [-0.39, 0.29) is 11.1 Å². The summed E-state index contributed by atoms with van der Waals surface area (Å²) in [6, 6.07) is 10.7. The second-order valence-corrected chi connectivity index (χ2v) is 11.1. The van der Waals surface area contributed by atoms with E-state index in [2.05, 4.69) is 17.0 Å². The van der Waals surface area contributed by atoms with Crippen LogP contribution in [0.1, 0.15) is 55.8 Å². The monoisotopic (exact) mass is 512 g/mol. The Bertz CT molecular complexity index is 1370. The fourth-order valence-electron chi connectivity index (χ4n) is 3.98. The first-order valence-electron chi connectivity index (χ1n) is 12.3. The van der Waals surface area contributed by atoms with Crippen molar-refractivity contribution in [3.05, 3.63) is 58.5 Å². The van der Waals surface area contributed by atoms with E-state index in [0.29, 0.717) is 23.9 Å². The van der Waals surface area contributed by atoms with Crippen molar-refractivity contribution >= 4 is 15.9 Å². The summed E-state index contributed by atoms with van der Waals surface area (Å²) in [5, 5.41) is 4.56. The molecule has 9 nitrogen and oxygen atoms in total. The Morgan fingerprint density at radius 3 is 2.58 bits per heavy atom. The number of carbonyl (C=O) groups is 1. The van der Waals surface area contributed by atoms with Crippen LogP contribution in [0.25, 0.3) is 22.5 Å². The SMILES string of the molecule is CCCCCCOc1ccc(-c2cc(-c3ccn(CC4CC4)n3)c(C(=O)NS(C)(=O)=O)c(=O)[nH]2)cc1. The van der Waals surface area contributed by atoms with Gasteiger partial charge in [-0.2, -0.15) is 5.10 Å². The topological polar surface area (TPSA) is 123 Å². The van der Waals surface area contributed by atoms with Gasteiger partial charge in [-0.1, -0.05) is 26.2 Å². The van der Waals surface area contributed by atoms with E-state index < -0.39 is 21.5 Å². The van der Waals surface area contributed by atoms with Gasteiger partial charge in [0.25, 0.3) is 11.5 Å². The second-order valence-electron chi connectivity index (χ2n) is 9.30. The highest BCUT2D eigenvalue weighted by Crippen LogP contribution is 2.31. The summed E-state index contributed by atoms with van der Waals surface area (Å²) in [7, 11) is -3.86. The van der Waals surface area contributed by atoms with Crippen molar-refractivity contribution in [3.8, 4) is 28.3 Å². The molecule has 0 spiro atoms. The van der Waals surface area contributed by atoms with Crippen LogP contribution in [0.5, 0.6) is 5.75 Å². The quantitative estimate of drug-likeness (QED) is 0.354. The van der Waals surface area contributed by atoms with E-state index in [9.17, 15) is 18.0 Å². The zero-order valence-electron chi connectivity index (χ0n) is 20.6. The third-order valence-electron chi connectivity index (χ3n) is 6.03. The van der Waals surface area contributed by atoms with E-state index >= 15 is 0 Å². The third kappa shape index (κ3) is 6.84. The smallest absolute Gasteiger partial charge is 0.271 e. The highest BCUT2D eigenvalue weighted by Gasteiger charge is 2.25. The molecule has 1 aliphatic rings. The van der Waals surface area contributed by atoms with Crippen LogP contribution in [-0.4, -0.2) is 42.0 Å². The van der Waals surface area contributed by atoms with Crippen molar-refractivity contribution in [1.29, 1.82) is 0 Å². The number of rotatable bonds is 12. The number of nitrogens with one attached hydrogen (secondary N) is 2. The summed E-state index contributed by atoms with van der Waals surface area (Å²) in [5.41, 5.74) is 0.898. The molecule has 1 amide bonds. The lowest BCUT2D eigenvalue weighted by atomic mass is 10.0. The number of aromatic nitrogens is 3. The lowest BCUT2D eigenvalue weighted by Crippen LogP contribution is -2.34. The molecule has 0 atom stereocenters. The van der Waals surface area contributed by atoms with Gasteiger partial charge >= 0.3 is 0 Å². The average Bonchev–Trinajstić information content (AvgIpc) is 3.51. The van der Waals surface area contributed by atoms with Gasteiger partial charge in [0, 0.05) is 24.0 Å². The average molecular weight is 513 g/mol. The minimum atomic E-state index is -3.86. The Morgan fingerprint density at radius 2 is 1.92 bits per heavy atom. The molecule has 0 saturated heterocycles. The van der Waals surface area contributed by atoms with Gasteiger partial charge in [0.15, 0.2) is 0 Å². The van der Waals surface area contributed by atoms with Crippen LogP contribution in [0, 0.1) is 5.92 Å². The summed E-state index contributed by atoms with van der Waals surface area (Å²) < 4.78 is 32.8. The summed E-state index contributed by atoms with van der Waals surface area (Å²) >= 11 is 0. The van der Waals surface area contributed by atoms with E-state index in [4.69, 9.17) is 4.74 Å². The van der Waals surface area contributed by atoms with Gasteiger partial charge in [0.1, 0.15) is 11.3 Å². The van der Waals surface area contributed by atoms with Crippen molar-refractivity contribution in [1.82, 2.24) is 19.5 Å². The third-order valence-corrected chi connectivity index (χ3v) is 6.59. The van der Waals surface area contributed by atoms with Crippen molar-refractivity contribution in [2.75, 3.05) is 12.9 Å². The lowest BCUT2D eigenvalue weighted by Gasteiger charge is -2.11. The minimum absolute atomic E-state index is 0.265. The normalized spacial score (nSPS) is 13.5. The molecule has 10 heteroatoms. The number of hydrogen-bond donors (Lipinski definition) is 2. The zero-order valence-corrected chi connectivity index (χ0v) is 21.4. The molecule has 2 N–H and O–H groups in total. The van der Waals surface area contributed by atoms with Crippen LogP contribution < -0.4 is 15.0 Å².